The van der Waals surface area contributed by atoms with Crippen molar-refractivity contribution in [1.29, 1.82) is 0 Å². The smallest absolute Gasteiger partial charge is 0.313 e. The van der Waals surface area contributed by atoms with E-state index in [1.54, 1.807) is 18.2 Å². The first-order chi connectivity index (χ1) is 13.7. The fraction of sp³-hybridized carbons (Fsp3) is 0.158. The topological polar surface area (TPSA) is 172 Å². The Kier molecular flexibility index (Phi) is 6.40. The van der Waals surface area contributed by atoms with Crippen molar-refractivity contribution in [3.63, 3.8) is 0 Å². The summed E-state index contributed by atoms with van der Waals surface area (Å²) in [5, 5.41) is 13.7. The van der Waals surface area contributed by atoms with Gasteiger partial charge in [-0.1, -0.05) is 30.3 Å². The summed E-state index contributed by atoms with van der Waals surface area (Å²) < 4.78 is 5.32. The number of phenols is 1. The molecule has 10 nitrogen and oxygen atoms in total. The summed E-state index contributed by atoms with van der Waals surface area (Å²) in [4.78, 5) is 48.8. The van der Waals surface area contributed by atoms with Crippen LogP contribution in [-0.2, 0) is 19.9 Å². The second-order valence-electron chi connectivity index (χ2n) is 5.99. The van der Waals surface area contributed by atoms with E-state index >= 15 is 0 Å². The molecular formula is C19H19N4O6. The van der Waals surface area contributed by atoms with E-state index in [1.807, 2.05) is 0 Å². The van der Waals surface area contributed by atoms with Crippen LogP contribution in [0.25, 0.3) is 0 Å². The molecule has 2 aromatic carbocycles. The molecule has 2 unspecified atom stereocenters. The van der Waals surface area contributed by atoms with Crippen LogP contribution < -0.4 is 26.8 Å². The van der Waals surface area contributed by atoms with Gasteiger partial charge in [-0.15, -0.1) is 0 Å². The molecule has 2 rings (SSSR count). The zero-order chi connectivity index (χ0) is 21.6. The first-order valence-corrected chi connectivity index (χ1v) is 8.33. The number of para-hydroxylation sites is 1. The summed E-state index contributed by atoms with van der Waals surface area (Å²) >= 11 is 0. The highest BCUT2D eigenvalue weighted by Gasteiger charge is 2.47. The second-order valence-corrected chi connectivity index (χ2v) is 5.99. The number of benzene rings is 2. The number of hydrogen-bond acceptors (Lipinski definition) is 6. The van der Waals surface area contributed by atoms with Crippen molar-refractivity contribution in [2.75, 3.05) is 0 Å². The number of carbonyl (C=O) groups excluding carboxylic acids is 4. The van der Waals surface area contributed by atoms with Crippen molar-refractivity contribution in [2.24, 2.45) is 5.73 Å². The van der Waals surface area contributed by atoms with E-state index in [4.69, 9.17) is 16.2 Å². The number of primary amides is 1. The molecule has 0 fully saturated rings. The summed E-state index contributed by atoms with van der Waals surface area (Å²) in [7, 11) is 0. The Morgan fingerprint density at radius 2 is 1.66 bits per heavy atom. The molecule has 0 bridgehead atoms. The number of Topliss-reactive ketones (excluding diaryl/α,β-unsaturated/α-hetero) is 1. The number of hydrogen-bond donors (Lipinski definition) is 4. The standard InChI is InChI=1S/C19H19N4O6/c1-11(24)19(23-18(21)28,12-7-9-13(25)10-8-12)17(27)22-16(15(20)26)29-14-5-3-2-4-6-14/h2-10,16,20,25H,1H3,(H,22,27)(H3,21,23,28). The molecule has 0 saturated carbocycles. The lowest BCUT2D eigenvalue weighted by Crippen LogP contribution is -2.64. The number of amides is 4. The summed E-state index contributed by atoms with van der Waals surface area (Å²) in [5.74, 6) is -3.20. The molecule has 1 radical (unpaired) electrons. The maximum absolute atomic E-state index is 13.1. The van der Waals surface area contributed by atoms with Crippen LogP contribution in [0.5, 0.6) is 11.5 Å². The zero-order valence-electron chi connectivity index (χ0n) is 15.3. The van der Waals surface area contributed by atoms with Gasteiger partial charge in [-0.2, -0.15) is 0 Å². The molecule has 6 N–H and O–H groups in total. The number of ether oxygens (including phenoxy) is 1. The molecule has 2 aromatic rings. The maximum atomic E-state index is 13.1. The molecule has 4 amide bonds. The predicted molar refractivity (Wildman–Crippen MR) is 100 cm³/mol. The Hall–Kier alpha value is -4.08. The minimum absolute atomic E-state index is 0.0185. The average molecular weight is 399 g/mol. The van der Waals surface area contributed by atoms with E-state index in [0.29, 0.717) is 0 Å². The Morgan fingerprint density at radius 1 is 1.07 bits per heavy atom. The third-order valence-corrected chi connectivity index (χ3v) is 3.98. The van der Waals surface area contributed by atoms with Gasteiger partial charge >= 0.3 is 11.9 Å². The zero-order valence-corrected chi connectivity index (χ0v) is 15.3. The largest absolute Gasteiger partial charge is 0.508 e. The highest BCUT2D eigenvalue weighted by atomic mass is 16.5. The van der Waals surface area contributed by atoms with Gasteiger partial charge in [0.25, 0.3) is 12.1 Å². The van der Waals surface area contributed by atoms with E-state index in [2.05, 4.69) is 10.6 Å². The molecule has 0 aromatic heterocycles. The molecule has 151 valence electrons. The predicted octanol–water partition coefficient (Wildman–Crippen LogP) is 0.176. The fourth-order valence-corrected chi connectivity index (χ4v) is 2.62. The lowest BCUT2D eigenvalue weighted by molar-refractivity contribution is -0.142. The minimum Gasteiger partial charge on any atom is -0.508 e. The van der Waals surface area contributed by atoms with Crippen LogP contribution in [-0.4, -0.2) is 35.0 Å². The monoisotopic (exact) mass is 399 g/mol. The van der Waals surface area contributed by atoms with Crippen molar-refractivity contribution in [3.05, 3.63) is 60.2 Å². The molecule has 0 aliphatic heterocycles. The van der Waals surface area contributed by atoms with E-state index < -0.39 is 35.4 Å². The third-order valence-electron chi connectivity index (χ3n) is 3.98. The molecule has 2 atom stereocenters. The molecule has 29 heavy (non-hydrogen) atoms. The van der Waals surface area contributed by atoms with Gasteiger partial charge in [0.2, 0.25) is 5.54 Å². The van der Waals surface area contributed by atoms with Crippen LogP contribution in [0.3, 0.4) is 0 Å². The first kappa shape index (κ1) is 21.2. The number of rotatable bonds is 8. The highest BCUT2D eigenvalue weighted by Crippen LogP contribution is 2.25. The molecule has 0 aliphatic carbocycles. The van der Waals surface area contributed by atoms with Crippen LogP contribution in [0.2, 0.25) is 0 Å². The number of phenolic OH excluding ortho intramolecular Hbond substituents is 1. The van der Waals surface area contributed by atoms with Gasteiger partial charge in [-0.25, -0.2) is 4.79 Å². The SMILES string of the molecule is CC(=O)C(NC(N)=O)(C(=O)NC(Oc1ccccc1)C([NH])=O)c1ccc(O)cc1. The average Bonchev–Trinajstić information content (AvgIpc) is 2.66. The minimum atomic E-state index is -2.31. The van der Waals surface area contributed by atoms with Gasteiger partial charge in [0.05, 0.1) is 0 Å². The lowest BCUT2D eigenvalue weighted by Gasteiger charge is -2.32. The highest BCUT2D eigenvalue weighted by molar-refractivity contribution is 6.13. The van der Waals surface area contributed by atoms with Gasteiger partial charge < -0.3 is 26.2 Å². The quantitative estimate of drug-likeness (QED) is 0.364. The number of aromatic hydroxyl groups is 1. The van der Waals surface area contributed by atoms with E-state index in [0.717, 1.165) is 6.92 Å². The molecule has 0 aliphatic rings. The van der Waals surface area contributed by atoms with Gasteiger partial charge in [0.15, 0.2) is 5.78 Å². The van der Waals surface area contributed by atoms with Gasteiger partial charge in [-0.3, -0.25) is 20.1 Å². The van der Waals surface area contributed by atoms with Crippen LogP contribution in [0.4, 0.5) is 4.79 Å². The van der Waals surface area contributed by atoms with E-state index in [-0.39, 0.29) is 17.1 Å². The number of nitrogens with two attached hydrogens (primary N) is 1. The Morgan fingerprint density at radius 3 is 2.14 bits per heavy atom. The van der Waals surface area contributed by atoms with E-state index in [1.165, 1.54) is 36.4 Å². The van der Waals surface area contributed by atoms with Crippen molar-refractivity contribution >= 4 is 23.6 Å². The Bertz CT molecular complexity index is 916. The van der Waals surface area contributed by atoms with Crippen LogP contribution >= 0.6 is 0 Å². The van der Waals surface area contributed by atoms with Crippen LogP contribution in [0, 0.1) is 0 Å². The van der Waals surface area contributed by atoms with Crippen molar-refractivity contribution in [3.8, 4) is 11.5 Å². The summed E-state index contributed by atoms with van der Waals surface area (Å²) in [5.41, 5.74) is 10.2. The Balaban J connectivity index is 2.44. The van der Waals surface area contributed by atoms with Gasteiger partial charge in [0.1, 0.15) is 11.5 Å². The van der Waals surface area contributed by atoms with Gasteiger partial charge in [0, 0.05) is 0 Å². The molecule has 10 heteroatoms. The van der Waals surface area contributed by atoms with Gasteiger partial charge in [-0.05, 0) is 36.8 Å². The van der Waals surface area contributed by atoms with Crippen molar-refractivity contribution < 1.29 is 29.0 Å². The maximum Gasteiger partial charge on any atom is 0.313 e. The normalized spacial score (nSPS) is 13.4. The molecule has 0 saturated heterocycles. The number of nitrogens with one attached hydrogen (secondary N) is 3. The number of carbonyl (C=O) groups is 4. The van der Waals surface area contributed by atoms with Crippen molar-refractivity contribution in [2.45, 2.75) is 18.7 Å². The summed E-state index contributed by atoms with van der Waals surface area (Å²) in [6.07, 6.45) is -1.75. The fourth-order valence-electron chi connectivity index (χ4n) is 2.62. The van der Waals surface area contributed by atoms with Crippen LogP contribution in [0.1, 0.15) is 12.5 Å². The summed E-state index contributed by atoms with van der Waals surface area (Å²) in [6, 6.07) is 11.6. The molecule has 0 spiro atoms. The number of ketones is 1. The van der Waals surface area contributed by atoms with E-state index in [9.17, 15) is 24.3 Å². The van der Waals surface area contributed by atoms with Crippen molar-refractivity contribution in [1.82, 2.24) is 16.4 Å². The number of urea groups is 1. The third kappa shape index (κ3) is 4.80. The lowest BCUT2D eigenvalue weighted by atomic mass is 9.85. The first-order valence-electron chi connectivity index (χ1n) is 8.33. The molecule has 0 heterocycles. The van der Waals surface area contributed by atoms with Crippen LogP contribution in [0.15, 0.2) is 54.6 Å². The summed E-state index contributed by atoms with van der Waals surface area (Å²) in [6.45, 7) is 1.04. The molecular weight excluding hydrogens is 380 g/mol. The second kappa shape index (κ2) is 8.74. The Labute approximate surface area is 165 Å².